The Balaban J connectivity index is 0.000000131. The number of carbonyl (C=O) groups excluding carboxylic acids is 12. The van der Waals surface area contributed by atoms with Crippen molar-refractivity contribution in [1.82, 2.24) is 74.1 Å². The van der Waals surface area contributed by atoms with Gasteiger partial charge in [0.25, 0.3) is 0 Å². The summed E-state index contributed by atoms with van der Waals surface area (Å²) in [5, 5.41) is 5.64. The topological polar surface area (TPSA) is 284 Å². The van der Waals surface area contributed by atoms with Gasteiger partial charge in [-0.15, -0.1) is 47.0 Å². The number of aromatic nitrogens is 2. The molecule has 12 aromatic rings. The monoisotopic (exact) mass is 2150 g/mol. The number of nitrogens with zero attached hydrogens (tertiary/aromatic N) is 13. The third-order valence-electron chi connectivity index (χ3n) is 29.1. The number of hydrogen-bond donors (Lipinski definition) is 2. The lowest BCUT2D eigenvalue weighted by molar-refractivity contribution is -0.138. The van der Waals surface area contributed by atoms with Crippen molar-refractivity contribution >= 4 is 165 Å². The van der Waals surface area contributed by atoms with Gasteiger partial charge in [-0.2, -0.15) is 0 Å². The van der Waals surface area contributed by atoms with Gasteiger partial charge in [-0.25, -0.2) is 4.79 Å². The van der Waals surface area contributed by atoms with Crippen LogP contribution in [0.3, 0.4) is 0 Å². The fourth-order valence-corrected chi connectivity index (χ4v) is 27.9. The van der Waals surface area contributed by atoms with Gasteiger partial charge in [-0.3, -0.25) is 57.7 Å². The second-order valence-corrected chi connectivity index (χ2v) is 45.7. The first-order valence-corrected chi connectivity index (χ1v) is 55.1. The Morgan fingerprint density at radius 2 is 0.667 bits per heavy atom. The van der Waals surface area contributed by atoms with Gasteiger partial charge in [0.15, 0.2) is 0 Å². The predicted molar refractivity (Wildman–Crippen MR) is 585 cm³/mol. The highest BCUT2D eigenvalue weighted by Gasteiger charge is 2.65. The van der Waals surface area contributed by atoms with E-state index in [0.29, 0.717) is 158 Å². The lowest BCUT2D eigenvalue weighted by atomic mass is 9.90. The smallest absolute Gasteiger partial charge is 0.317 e. The molecule has 8 aliphatic heterocycles. The van der Waals surface area contributed by atoms with E-state index < -0.39 is 43.2 Å². The molecular formula is C116H118Cl3N15O12S4. The number of hydrogen-bond acceptors (Lipinski definition) is 17. The molecule has 8 saturated heterocycles. The number of halogens is 3. The highest BCUT2D eigenvalue weighted by Crippen LogP contribution is 2.60. The molecule has 10 heterocycles. The highest BCUT2D eigenvalue weighted by atomic mass is 35.5. The maximum atomic E-state index is 14.8. The van der Waals surface area contributed by atoms with E-state index in [2.05, 4.69) is 15.3 Å². The minimum absolute atomic E-state index is 0.0120. The number of rotatable bonds is 28. The van der Waals surface area contributed by atoms with E-state index in [1.807, 2.05) is 322 Å². The average molecular weight is 2150 g/mol. The molecule has 27 nitrogen and oxygen atoms in total. The Hall–Kier alpha value is -13.4. The number of aromatic amines is 1. The van der Waals surface area contributed by atoms with Crippen molar-refractivity contribution in [3.05, 3.63) is 364 Å². The summed E-state index contributed by atoms with van der Waals surface area (Å²) in [7, 11) is 0. The maximum absolute atomic E-state index is 14.8. The van der Waals surface area contributed by atoms with Crippen molar-refractivity contribution in [2.24, 2.45) is 5.92 Å². The van der Waals surface area contributed by atoms with Gasteiger partial charge in [-0.1, -0.05) is 235 Å². The first kappa shape index (κ1) is 106. The summed E-state index contributed by atoms with van der Waals surface area (Å²) in [6.45, 7) is 11.6. The molecule has 21 rings (SSSR count). The molecule has 0 radical (unpaired) electrons. The molecule has 8 atom stereocenters. The third kappa shape index (κ3) is 24.0. The van der Waals surface area contributed by atoms with Crippen LogP contribution in [0.25, 0.3) is 10.9 Å². The van der Waals surface area contributed by atoms with Crippen LogP contribution in [-0.4, -0.2) is 278 Å². The number of H-pyrrole nitrogens is 1. The molecule has 10 aromatic carbocycles. The van der Waals surface area contributed by atoms with E-state index in [9.17, 15) is 57.5 Å². The number of carbonyl (C=O) groups is 12. The Labute approximate surface area is 905 Å². The molecule has 2 aromatic heterocycles. The fourth-order valence-electron chi connectivity index (χ4n) is 21.5. The van der Waals surface area contributed by atoms with Gasteiger partial charge in [0.1, 0.15) is 19.0 Å². The molecular weight excluding hydrogens is 2030 g/mol. The maximum Gasteiger partial charge on any atom is 0.317 e. The number of likely N-dealkylation sites (tertiary alicyclic amines) is 4. The van der Waals surface area contributed by atoms with Gasteiger partial charge in [-0.05, 0) is 150 Å². The van der Waals surface area contributed by atoms with E-state index >= 15 is 0 Å². The van der Waals surface area contributed by atoms with Crippen molar-refractivity contribution in [1.29, 1.82) is 0 Å². The third-order valence-corrected chi connectivity index (χ3v) is 35.5. The van der Waals surface area contributed by atoms with E-state index in [1.54, 1.807) is 53.9 Å². The van der Waals surface area contributed by atoms with Crippen LogP contribution in [0.2, 0.25) is 15.1 Å². The SMILES string of the molecule is CCNC(=O)N1CCN(C(=O)C2(Sc3ccccc3)CC(=O)N(CC3CC3)C2c2c[nH]c3cc(Cl)ccc23)CC1.O=CN1CCN(C(=O)C2(Sc3ccccc3)CC(=O)N(Cc3ccccc3)C2c2ccc(Cl)cc2)CC1.O=CN1CCN(C(=O)C2(Sc3ccccc3)CC(=O)N(Cc3ccccc3)C2c2ccccc2)CC1.O=CN1CCN(C(=O)C2(Sc3ccccc3)CC(=O)N(Cc3cccnc3)C2c2ccc(Cl)cc2)CC1. The molecule has 0 bridgehead atoms. The molecule has 1 aliphatic carbocycles. The molecule has 9 aliphatic rings. The van der Waals surface area contributed by atoms with Crippen LogP contribution in [0, 0.1) is 5.92 Å². The lowest BCUT2D eigenvalue weighted by Crippen LogP contribution is -2.58. The van der Waals surface area contributed by atoms with Crippen molar-refractivity contribution in [3.63, 3.8) is 0 Å². The van der Waals surface area contributed by atoms with Gasteiger partial charge >= 0.3 is 6.03 Å². The number of benzene rings is 10. The van der Waals surface area contributed by atoms with Crippen molar-refractivity contribution in [2.75, 3.05) is 118 Å². The second kappa shape index (κ2) is 48.7. The van der Waals surface area contributed by atoms with E-state index in [1.165, 1.54) is 47.0 Å². The summed E-state index contributed by atoms with van der Waals surface area (Å²) in [6, 6.07) is 91.3. The quantitative estimate of drug-likeness (QED) is 0.0431. The summed E-state index contributed by atoms with van der Waals surface area (Å²) in [4.78, 5) is 193. The van der Waals surface area contributed by atoms with Crippen LogP contribution in [0.5, 0.6) is 0 Å². The van der Waals surface area contributed by atoms with Gasteiger partial charge in [0.2, 0.25) is 66.5 Å². The number of piperazine rings is 4. The normalized spacial score (nSPS) is 22.2. The first-order valence-electron chi connectivity index (χ1n) is 50.7. The molecule has 13 amide bonds. The summed E-state index contributed by atoms with van der Waals surface area (Å²) in [5.74, 6) is 0.0497. The Morgan fingerprint density at radius 1 is 0.360 bits per heavy atom. The molecule has 8 unspecified atom stereocenters. The minimum Gasteiger partial charge on any atom is -0.361 e. The summed E-state index contributed by atoms with van der Waals surface area (Å²) < 4.78 is -4.27. The zero-order valence-corrected chi connectivity index (χ0v) is 88.7. The number of amides is 13. The van der Waals surface area contributed by atoms with Crippen LogP contribution < -0.4 is 5.32 Å². The summed E-state index contributed by atoms with van der Waals surface area (Å²) in [6.07, 6.45) is 10.5. The van der Waals surface area contributed by atoms with Crippen LogP contribution in [0.1, 0.15) is 109 Å². The van der Waals surface area contributed by atoms with Gasteiger partial charge in [0.05, 0.1) is 49.9 Å². The largest absolute Gasteiger partial charge is 0.361 e. The van der Waals surface area contributed by atoms with Crippen molar-refractivity contribution in [2.45, 2.75) is 128 Å². The Morgan fingerprint density at radius 3 is 1.01 bits per heavy atom. The number of nitrogens with one attached hydrogen (secondary N) is 2. The second-order valence-electron chi connectivity index (χ2n) is 38.8. The van der Waals surface area contributed by atoms with Gasteiger partial charge < -0.3 is 69.1 Å². The highest BCUT2D eigenvalue weighted by molar-refractivity contribution is 8.02. The molecule has 0 spiro atoms. The molecule has 2 N–H and O–H groups in total. The van der Waals surface area contributed by atoms with Crippen LogP contribution in [0.15, 0.2) is 329 Å². The van der Waals surface area contributed by atoms with E-state index in [0.717, 1.165) is 102 Å². The molecule has 34 heteroatoms. The molecule has 9 fully saturated rings. The lowest BCUT2D eigenvalue weighted by Gasteiger charge is -2.42. The summed E-state index contributed by atoms with van der Waals surface area (Å²) >= 11 is 24.7. The average Bonchev–Trinajstić information content (AvgIpc) is 1.74. The van der Waals surface area contributed by atoms with Crippen molar-refractivity contribution < 1.29 is 57.5 Å². The van der Waals surface area contributed by atoms with Crippen LogP contribution in [-0.2, 0) is 72.4 Å². The van der Waals surface area contributed by atoms with Crippen LogP contribution >= 0.6 is 81.9 Å². The number of pyridine rings is 1. The number of thioether (sulfide) groups is 4. The van der Waals surface area contributed by atoms with Gasteiger partial charge in [0, 0.05) is 207 Å². The first-order chi connectivity index (χ1) is 73.0. The zero-order valence-electron chi connectivity index (χ0n) is 83.1. The minimum atomic E-state index is -1.10. The summed E-state index contributed by atoms with van der Waals surface area (Å²) in [5.41, 5.74) is 7.41. The molecule has 150 heavy (non-hydrogen) atoms. The molecule has 1 saturated carbocycles. The zero-order chi connectivity index (χ0) is 104. The van der Waals surface area contributed by atoms with Crippen molar-refractivity contribution in [3.8, 4) is 0 Å². The standard InChI is InChI=1S/C30H34ClN5O3S.C29H28ClN3O3S.C29H29N3O3S.C28H27ClN4O3S/c1-2-32-29(39)35-14-12-34(13-15-35)28(38)30(40-22-6-4-3-5-7-22)17-26(37)36(19-20-8-9-20)27(30)24-18-33-25-16-21(31)10-11-23(24)25;30-24-13-11-23(12-14-24)27-29(37-25-9-5-2-6-10-25,28(36)32-17-15-31(21-34)16-18-32)19-26(35)33(27)20-22-7-3-1-4-8-22;33-22-30-16-18-31(19-17-30)28(35)29(36-25-14-8-3-9-15-25)20-26(34)32(21-23-10-4-1-5-11-23)27(29)24-12-6-2-7-13-24;29-23-10-8-22(9-11-23)26-28(37-24-6-2-1-3-7-24,27(36)32-15-13-31(20-34)14-16-32)17-25(35)33(26)19-21-5-4-12-30-18-21/h3-7,10-11,16,18,20,27,33H,2,8-9,12-15,17,19H2,1H3,(H,32,39);1-14,21,27H,15-20H2;1-15,22,27H,16-21H2;1-12,18,20,26H,13-17,19H2. The Kier molecular flexibility index (Phi) is 34.6. The number of urea groups is 1. The Bertz CT molecular complexity index is 6540. The number of fused-ring (bicyclic) bond motifs is 1. The van der Waals surface area contributed by atoms with E-state index in [4.69, 9.17) is 34.8 Å². The van der Waals surface area contributed by atoms with E-state index in [-0.39, 0.29) is 79.0 Å². The molecule has 774 valence electrons. The van der Waals surface area contributed by atoms with Crippen LogP contribution in [0.4, 0.5) is 4.79 Å². The predicted octanol–water partition coefficient (Wildman–Crippen LogP) is 17.6. The fraction of sp³-hybridized carbons (Fsp3) is 0.319.